The average Bonchev–Trinajstić information content (AvgIpc) is 3.40. The van der Waals surface area contributed by atoms with Crippen LogP contribution >= 0.6 is 23.2 Å². The fraction of sp³-hybridized carbons (Fsp3) is 0.514. The predicted octanol–water partition coefficient (Wildman–Crippen LogP) is 21.7. The van der Waals surface area contributed by atoms with Gasteiger partial charge < -0.3 is 9.47 Å². The summed E-state index contributed by atoms with van der Waals surface area (Å²) in [5.74, 6) is 2.15. The van der Waals surface area contributed by atoms with Crippen LogP contribution in [0.3, 0.4) is 0 Å². The van der Waals surface area contributed by atoms with Gasteiger partial charge in [0.25, 0.3) is 0 Å². The topological polar surface area (TPSA) is 44.2 Å². The summed E-state index contributed by atoms with van der Waals surface area (Å²) in [7, 11) is 0. The van der Waals surface area contributed by atoms with Crippen molar-refractivity contribution in [1.29, 1.82) is 0 Å². The smallest absolute Gasteiger partial charge is 0.154 e. The summed E-state index contributed by atoms with van der Waals surface area (Å²) in [4.78, 5) is 7.94. The van der Waals surface area contributed by atoms with Gasteiger partial charge in [-0.05, 0) is 227 Å². The molecule has 0 atom stereocenters. The van der Waals surface area contributed by atoms with Gasteiger partial charge in [-0.1, -0.05) is 143 Å². The van der Waals surface area contributed by atoms with Crippen molar-refractivity contribution in [1.82, 2.24) is 9.97 Å². The molecule has 0 amide bonds. The number of aryl methyl sites for hydroxylation is 10. The van der Waals surface area contributed by atoms with Crippen molar-refractivity contribution in [3.8, 4) is 0 Å². The number of benzene rings is 5. The van der Waals surface area contributed by atoms with Gasteiger partial charge in [0, 0.05) is 39.5 Å². The number of nitrogens with zero attached hydrogens (tertiary/aromatic N) is 2. The van der Waals surface area contributed by atoms with Crippen molar-refractivity contribution in [2.75, 3.05) is 13.2 Å². The van der Waals surface area contributed by atoms with Gasteiger partial charge in [0.05, 0.1) is 13.2 Å². The quantitative estimate of drug-likeness (QED) is 0.142. The lowest BCUT2D eigenvalue weighted by atomic mass is 9.55. The van der Waals surface area contributed by atoms with Crippen molar-refractivity contribution in [3.05, 3.63) is 198 Å². The third-order valence-corrected chi connectivity index (χ3v) is 16.0. The van der Waals surface area contributed by atoms with Crippen molar-refractivity contribution in [2.45, 2.75) is 195 Å². The van der Waals surface area contributed by atoms with Crippen LogP contribution in [0.25, 0.3) is 0 Å². The lowest BCUT2D eigenvalue weighted by Gasteiger charge is -2.50. The Kier molecular flexibility index (Phi) is 32.2. The highest BCUT2D eigenvalue weighted by Gasteiger charge is 2.43. The van der Waals surface area contributed by atoms with Gasteiger partial charge in [0.15, 0.2) is 6.29 Å². The molecular weight excluding hydrogens is 1050 g/mol. The summed E-state index contributed by atoms with van der Waals surface area (Å²) >= 11 is 11.5. The number of halogens is 6. The lowest BCUT2D eigenvalue weighted by Crippen LogP contribution is -2.37. The molecule has 1 saturated heterocycles. The number of aromatic nitrogens is 2. The minimum Gasteiger partial charge on any atom is -0.353 e. The molecule has 5 aliphatic rings. The fourth-order valence-corrected chi connectivity index (χ4v) is 9.21. The maximum absolute atomic E-state index is 12.8. The average molecular weight is 1150 g/mol. The van der Waals surface area contributed by atoms with Crippen LogP contribution in [0.15, 0.2) is 97.3 Å². The van der Waals surface area contributed by atoms with Gasteiger partial charge in [-0.2, -0.15) is 0 Å². The number of rotatable bonds is 0. The molecule has 0 spiro atoms. The van der Waals surface area contributed by atoms with Crippen LogP contribution in [0.4, 0.5) is 17.6 Å². The molecule has 4 aliphatic carbocycles. The van der Waals surface area contributed by atoms with Crippen LogP contribution in [0.2, 0.25) is 10.0 Å². The second-order valence-electron chi connectivity index (χ2n) is 24.0. The summed E-state index contributed by atoms with van der Waals surface area (Å²) < 4.78 is 60.9. The highest BCUT2D eigenvalue weighted by molar-refractivity contribution is 6.31. The van der Waals surface area contributed by atoms with E-state index in [4.69, 9.17) is 32.7 Å². The summed E-state index contributed by atoms with van der Waals surface area (Å²) in [6.07, 6.45) is 18.5. The molecule has 1 aliphatic heterocycles. The first-order valence-corrected chi connectivity index (χ1v) is 29.5. The van der Waals surface area contributed by atoms with Gasteiger partial charge in [0.2, 0.25) is 0 Å². The third kappa shape index (κ3) is 29.4. The molecule has 2 heterocycles. The van der Waals surface area contributed by atoms with E-state index in [1.54, 1.807) is 32.9 Å². The van der Waals surface area contributed by atoms with Gasteiger partial charge in [-0.25, -0.2) is 27.5 Å². The normalized spacial score (nSPS) is 21.1. The van der Waals surface area contributed by atoms with E-state index in [0.717, 1.165) is 69.0 Å². The molecule has 4 saturated carbocycles. The second kappa shape index (κ2) is 36.1. The van der Waals surface area contributed by atoms with Gasteiger partial charge >= 0.3 is 0 Å². The van der Waals surface area contributed by atoms with E-state index in [0.29, 0.717) is 27.6 Å². The maximum Gasteiger partial charge on any atom is 0.154 e. The Morgan fingerprint density at radius 3 is 1.07 bits per heavy atom. The molecular formula is C70H98Cl2F4N2O2. The van der Waals surface area contributed by atoms with Crippen molar-refractivity contribution in [3.63, 3.8) is 0 Å². The van der Waals surface area contributed by atoms with Gasteiger partial charge in [-0.15, -0.1) is 0 Å². The SMILES string of the molecule is CC12CCC(C)(CC1)CC2.CC1CCC(C)CC1.CC1COC(C)OC1.Cc1cc(F)c(C)c(Cl)c1.Cc1cc(F)c(C)c(F)c1.Cc1ccc(C)c(Cl)c1.Cc1ccc(C)c(F)c1.Cc1ccc(C)cc1.Cc1cnc(C)nc1. The van der Waals surface area contributed by atoms with Crippen LogP contribution in [0, 0.1) is 135 Å². The summed E-state index contributed by atoms with van der Waals surface area (Å²) in [6, 6.07) is 25.6. The zero-order chi connectivity index (χ0) is 60.3. The van der Waals surface area contributed by atoms with Crippen molar-refractivity contribution < 1.29 is 27.0 Å². The lowest BCUT2D eigenvalue weighted by molar-refractivity contribution is -0.187. The number of ether oxygens (including phenoxy) is 2. The Bertz CT molecular complexity index is 2390. The van der Waals surface area contributed by atoms with Crippen LogP contribution < -0.4 is 0 Å². The monoisotopic (exact) mass is 1140 g/mol. The summed E-state index contributed by atoms with van der Waals surface area (Å²) in [5.41, 5.74) is 11.4. The predicted molar refractivity (Wildman–Crippen MR) is 332 cm³/mol. The number of hydrogen-bond acceptors (Lipinski definition) is 4. The number of hydrogen-bond donors (Lipinski definition) is 0. The van der Waals surface area contributed by atoms with E-state index in [9.17, 15) is 17.6 Å². The number of fused-ring (bicyclic) bond motifs is 3. The van der Waals surface area contributed by atoms with E-state index in [-0.39, 0.29) is 23.5 Å². The Morgan fingerprint density at radius 1 is 0.400 bits per heavy atom. The molecule has 4 nitrogen and oxygen atoms in total. The van der Waals surface area contributed by atoms with E-state index in [2.05, 4.69) is 88.8 Å². The summed E-state index contributed by atoms with van der Waals surface area (Å²) in [6.45, 7) is 37.7. The minimum absolute atomic E-state index is 0.0196. The Balaban J connectivity index is 0.000000308. The molecule has 11 rings (SSSR count). The first-order valence-electron chi connectivity index (χ1n) is 28.7. The zero-order valence-electron chi connectivity index (χ0n) is 52.0. The summed E-state index contributed by atoms with van der Waals surface area (Å²) in [5, 5.41) is 1.35. The molecule has 0 unspecified atom stereocenters. The van der Waals surface area contributed by atoms with Gasteiger partial charge in [0.1, 0.15) is 29.1 Å². The van der Waals surface area contributed by atoms with Crippen LogP contribution in [-0.4, -0.2) is 29.5 Å². The van der Waals surface area contributed by atoms with Crippen LogP contribution in [-0.2, 0) is 9.47 Å². The molecule has 5 aromatic carbocycles. The molecule has 0 radical (unpaired) electrons. The molecule has 10 heteroatoms. The van der Waals surface area contributed by atoms with Crippen molar-refractivity contribution >= 4 is 23.2 Å². The minimum atomic E-state index is -0.475. The Labute approximate surface area is 492 Å². The van der Waals surface area contributed by atoms with E-state index < -0.39 is 11.6 Å². The van der Waals surface area contributed by atoms with E-state index >= 15 is 0 Å². The molecule has 1 aromatic heterocycles. The third-order valence-electron chi connectivity index (χ3n) is 15.2. The first kappa shape index (κ1) is 71.5. The van der Waals surface area contributed by atoms with Crippen molar-refractivity contribution in [2.24, 2.45) is 28.6 Å². The van der Waals surface area contributed by atoms with E-state index in [1.165, 1.54) is 112 Å². The molecule has 442 valence electrons. The Morgan fingerprint density at radius 2 is 0.738 bits per heavy atom. The molecule has 0 N–H and O–H groups in total. The molecule has 2 bridgehead atoms. The largest absolute Gasteiger partial charge is 0.353 e. The highest BCUT2D eigenvalue weighted by atomic mass is 35.5. The van der Waals surface area contributed by atoms with Crippen LogP contribution in [0.1, 0.15) is 173 Å². The van der Waals surface area contributed by atoms with E-state index in [1.807, 2.05) is 79.1 Å². The van der Waals surface area contributed by atoms with Crippen LogP contribution in [0.5, 0.6) is 0 Å². The second-order valence-corrected chi connectivity index (χ2v) is 24.8. The first-order chi connectivity index (χ1) is 37.4. The molecule has 6 aromatic rings. The maximum atomic E-state index is 12.8. The highest BCUT2D eigenvalue weighted by Crippen LogP contribution is 2.56. The fourth-order valence-electron chi connectivity index (χ4n) is 8.72. The van der Waals surface area contributed by atoms with Gasteiger partial charge in [-0.3, -0.25) is 0 Å². The Hall–Kier alpha value is -4.60. The zero-order valence-corrected chi connectivity index (χ0v) is 53.5. The molecule has 5 fully saturated rings. The molecule has 80 heavy (non-hydrogen) atoms. The standard InChI is InChI=1S/C10H18.C8H8ClF.C8H9Cl.C8H8F2.C8H9F.C8H16.C8H10.C6H8N2.C6H12O2/c1-9-3-6-10(2,7-4-9)8-5-9;1-5-3-7(9)6(2)8(10)4-5;1-6-3-4-7(2)8(9)5-6;1-5-3-7(9)6(2)8(10)4-5;1-6-3-4-7(2)8(9)5-6;2*1-7-3-5-8(2)6-4-7;2*1-5-3-7-6(2)8-4-5/h3-8H2,1-2H3;3-4H,1-2H3;3-5H,1-2H3;3-4H,1-2H3;3-5H,1-2H3;7-8H,3-6H2,1-2H3;3-6H,1-2H3;3-4H,1-2H3;5-6H,3-4H2,1-2H3.